The Labute approximate surface area is 79.7 Å². The molecule has 0 fully saturated rings. The van der Waals surface area contributed by atoms with Crippen molar-refractivity contribution in [1.82, 2.24) is 10.6 Å². The number of carbonyl (C=O) groups excluding carboxylic acids is 1. The maximum absolute atomic E-state index is 11.4. The van der Waals surface area contributed by atoms with Gasteiger partial charge in [0.25, 0.3) is 0 Å². The fourth-order valence-electron chi connectivity index (χ4n) is 0.729. The molecule has 0 bridgehead atoms. The molecule has 0 radical (unpaired) electrons. The molecular formula is C9H20N2O2. The number of aliphatic hydroxyl groups excluding tert-OH is 1. The minimum Gasteiger partial charge on any atom is -0.393 e. The minimum absolute atomic E-state index is 0.0457. The first kappa shape index (κ1) is 12.4. The summed E-state index contributed by atoms with van der Waals surface area (Å²) in [5, 5.41) is 14.6. The first-order valence-corrected chi connectivity index (χ1v) is 4.55. The lowest BCUT2D eigenvalue weighted by Crippen LogP contribution is -2.51. The topological polar surface area (TPSA) is 61.4 Å². The van der Waals surface area contributed by atoms with Crippen LogP contribution in [0.3, 0.4) is 0 Å². The molecule has 1 unspecified atom stereocenters. The second-order valence-corrected chi connectivity index (χ2v) is 3.77. The fraction of sp³-hybridized carbons (Fsp3) is 0.889. The van der Waals surface area contributed by atoms with Crippen LogP contribution in [0.1, 0.15) is 27.2 Å². The maximum Gasteiger partial charge on any atom is 0.239 e. The summed E-state index contributed by atoms with van der Waals surface area (Å²) in [7, 11) is 1.74. The number of amides is 1. The number of nitrogens with one attached hydrogen (secondary N) is 2. The largest absolute Gasteiger partial charge is 0.393 e. The summed E-state index contributed by atoms with van der Waals surface area (Å²) in [5.74, 6) is -0.0457. The zero-order valence-corrected chi connectivity index (χ0v) is 8.85. The molecule has 13 heavy (non-hydrogen) atoms. The van der Waals surface area contributed by atoms with Crippen LogP contribution in [0.5, 0.6) is 0 Å². The molecular weight excluding hydrogens is 168 g/mol. The van der Waals surface area contributed by atoms with Gasteiger partial charge in [-0.2, -0.15) is 0 Å². The van der Waals surface area contributed by atoms with Gasteiger partial charge in [-0.3, -0.25) is 4.79 Å². The minimum atomic E-state index is -0.543. The molecule has 0 aliphatic rings. The van der Waals surface area contributed by atoms with Crippen molar-refractivity contribution in [2.75, 3.05) is 13.6 Å². The Morgan fingerprint density at radius 3 is 2.46 bits per heavy atom. The van der Waals surface area contributed by atoms with Crippen LogP contribution in [0.2, 0.25) is 0 Å². The van der Waals surface area contributed by atoms with Crippen molar-refractivity contribution in [1.29, 1.82) is 0 Å². The molecule has 0 aliphatic heterocycles. The summed E-state index contributed by atoms with van der Waals surface area (Å²) >= 11 is 0. The quantitative estimate of drug-likeness (QED) is 0.563. The second-order valence-electron chi connectivity index (χ2n) is 3.77. The van der Waals surface area contributed by atoms with Gasteiger partial charge in [0.1, 0.15) is 0 Å². The summed E-state index contributed by atoms with van der Waals surface area (Å²) in [6.45, 7) is 5.84. The highest BCUT2D eigenvalue weighted by molar-refractivity contribution is 5.85. The lowest BCUT2D eigenvalue weighted by atomic mass is 10.1. The van der Waals surface area contributed by atoms with Crippen molar-refractivity contribution >= 4 is 5.91 Å². The van der Waals surface area contributed by atoms with Crippen LogP contribution in [0, 0.1) is 0 Å². The predicted octanol–water partition coefficient (Wildman–Crippen LogP) is -0.128. The number of likely N-dealkylation sites (N-methyl/N-ethyl adjacent to an activating group) is 1. The Bertz CT molecular complexity index is 167. The highest BCUT2D eigenvalue weighted by Crippen LogP contribution is 2.00. The van der Waals surface area contributed by atoms with Crippen LogP contribution in [0.15, 0.2) is 0 Å². The van der Waals surface area contributed by atoms with Gasteiger partial charge in [0, 0.05) is 6.54 Å². The van der Waals surface area contributed by atoms with Gasteiger partial charge in [-0.05, 0) is 34.2 Å². The van der Waals surface area contributed by atoms with E-state index in [9.17, 15) is 4.79 Å². The average molecular weight is 188 g/mol. The van der Waals surface area contributed by atoms with E-state index in [1.165, 1.54) is 0 Å². The second kappa shape index (κ2) is 5.19. The van der Waals surface area contributed by atoms with Gasteiger partial charge in [0.05, 0.1) is 11.6 Å². The molecule has 4 nitrogen and oxygen atoms in total. The third-order valence-electron chi connectivity index (χ3n) is 2.04. The van der Waals surface area contributed by atoms with E-state index in [4.69, 9.17) is 5.11 Å². The van der Waals surface area contributed by atoms with Crippen molar-refractivity contribution in [2.24, 2.45) is 0 Å². The van der Waals surface area contributed by atoms with Gasteiger partial charge in [-0.25, -0.2) is 0 Å². The first-order chi connectivity index (χ1) is 5.90. The third kappa shape index (κ3) is 4.85. The number of hydrogen-bond donors (Lipinski definition) is 3. The van der Waals surface area contributed by atoms with Gasteiger partial charge < -0.3 is 15.7 Å². The normalized spacial score (nSPS) is 13.9. The van der Waals surface area contributed by atoms with Gasteiger partial charge >= 0.3 is 0 Å². The van der Waals surface area contributed by atoms with Crippen molar-refractivity contribution in [3.8, 4) is 0 Å². The highest BCUT2D eigenvalue weighted by atomic mass is 16.3. The SMILES string of the molecule is CNC(C)(C)C(=O)NCCC(C)O. The van der Waals surface area contributed by atoms with E-state index in [0.29, 0.717) is 13.0 Å². The van der Waals surface area contributed by atoms with E-state index >= 15 is 0 Å². The molecule has 0 aliphatic carbocycles. The Balaban J connectivity index is 3.75. The Morgan fingerprint density at radius 2 is 2.08 bits per heavy atom. The summed E-state index contributed by atoms with van der Waals surface area (Å²) in [4.78, 5) is 11.4. The van der Waals surface area contributed by atoms with Gasteiger partial charge in [0.2, 0.25) is 5.91 Å². The zero-order chi connectivity index (χ0) is 10.5. The van der Waals surface area contributed by atoms with E-state index < -0.39 is 5.54 Å². The average Bonchev–Trinajstić information content (AvgIpc) is 2.03. The molecule has 4 heteroatoms. The van der Waals surface area contributed by atoms with Crippen LogP contribution in [-0.4, -0.2) is 36.2 Å². The molecule has 1 atom stereocenters. The molecule has 1 amide bonds. The third-order valence-corrected chi connectivity index (χ3v) is 2.04. The number of aliphatic hydroxyl groups is 1. The molecule has 0 aromatic rings. The molecule has 0 heterocycles. The molecule has 0 aromatic carbocycles. The van der Waals surface area contributed by atoms with Crippen molar-refractivity contribution in [3.05, 3.63) is 0 Å². The molecule has 3 N–H and O–H groups in total. The molecule has 78 valence electrons. The van der Waals surface area contributed by atoms with Gasteiger partial charge in [-0.1, -0.05) is 0 Å². The van der Waals surface area contributed by atoms with Crippen molar-refractivity contribution in [3.63, 3.8) is 0 Å². The molecule has 0 saturated heterocycles. The fourth-order valence-corrected chi connectivity index (χ4v) is 0.729. The van der Waals surface area contributed by atoms with Crippen LogP contribution >= 0.6 is 0 Å². The monoisotopic (exact) mass is 188 g/mol. The summed E-state index contributed by atoms with van der Waals surface area (Å²) < 4.78 is 0. The zero-order valence-electron chi connectivity index (χ0n) is 8.85. The highest BCUT2D eigenvalue weighted by Gasteiger charge is 2.24. The van der Waals surface area contributed by atoms with Gasteiger partial charge in [0.15, 0.2) is 0 Å². The summed E-state index contributed by atoms with van der Waals surface area (Å²) in [6.07, 6.45) is 0.226. The van der Waals surface area contributed by atoms with E-state index in [1.807, 2.05) is 13.8 Å². The van der Waals surface area contributed by atoms with E-state index in [1.54, 1.807) is 14.0 Å². The number of rotatable bonds is 5. The van der Waals surface area contributed by atoms with E-state index in [2.05, 4.69) is 10.6 Å². The molecule has 0 rings (SSSR count). The Kier molecular flexibility index (Phi) is 4.95. The summed E-state index contributed by atoms with van der Waals surface area (Å²) in [5.41, 5.74) is -0.543. The predicted molar refractivity (Wildman–Crippen MR) is 52.4 cm³/mol. The number of carbonyl (C=O) groups is 1. The van der Waals surface area contributed by atoms with E-state index in [-0.39, 0.29) is 12.0 Å². The molecule has 0 spiro atoms. The number of hydrogen-bond acceptors (Lipinski definition) is 3. The van der Waals surface area contributed by atoms with Gasteiger partial charge in [-0.15, -0.1) is 0 Å². The maximum atomic E-state index is 11.4. The van der Waals surface area contributed by atoms with Crippen LogP contribution in [0.4, 0.5) is 0 Å². The van der Waals surface area contributed by atoms with Crippen molar-refractivity contribution in [2.45, 2.75) is 38.8 Å². The lowest BCUT2D eigenvalue weighted by molar-refractivity contribution is -0.126. The standard InChI is InChI=1S/C9H20N2O2/c1-7(12)5-6-11-8(13)9(2,3)10-4/h7,10,12H,5-6H2,1-4H3,(H,11,13). The summed E-state index contributed by atoms with van der Waals surface area (Å²) in [6, 6.07) is 0. The van der Waals surface area contributed by atoms with Crippen molar-refractivity contribution < 1.29 is 9.90 Å². The van der Waals surface area contributed by atoms with Crippen LogP contribution in [0.25, 0.3) is 0 Å². The smallest absolute Gasteiger partial charge is 0.239 e. The first-order valence-electron chi connectivity index (χ1n) is 4.55. The molecule has 0 aromatic heterocycles. The van der Waals surface area contributed by atoms with Crippen LogP contribution < -0.4 is 10.6 Å². The molecule has 0 saturated carbocycles. The Hall–Kier alpha value is -0.610. The van der Waals surface area contributed by atoms with E-state index in [0.717, 1.165) is 0 Å². The van der Waals surface area contributed by atoms with Crippen LogP contribution in [-0.2, 0) is 4.79 Å². The Morgan fingerprint density at radius 1 is 1.54 bits per heavy atom. The lowest BCUT2D eigenvalue weighted by Gasteiger charge is -2.22.